The van der Waals surface area contributed by atoms with Gasteiger partial charge in [-0.25, -0.2) is 4.98 Å². The van der Waals surface area contributed by atoms with Crippen molar-refractivity contribution in [1.29, 1.82) is 0 Å². The fourth-order valence-corrected chi connectivity index (χ4v) is 4.23. The van der Waals surface area contributed by atoms with Crippen molar-refractivity contribution in [3.63, 3.8) is 0 Å². The maximum Gasteiger partial charge on any atom is 0.270 e. The molecule has 3 rings (SSSR count). The number of thiazole rings is 1. The number of nitrogens with one attached hydrogen (secondary N) is 3. The Morgan fingerprint density at radius 1 is 1.26 bits per heavy atom. The summed E-state index contributed by atoms with van der Waals surface area (Å²) >= 11 is 1.42. The summed E-state index contributed by atoms with van der Waals surface area (Å²) in [7, 11) is 0. The lowest BCUT2D eigenvalue weighted by molar-refractivity contribution is 0.0921. The molecule has 27 heavy (non-hydrogen) atoms. The van der Waals surface area contributed by atoms with E-state index >= 15 is 0 Å². The van der Waals surface area contributed by atoms with Crippen LogP contribution in [-0.4, -0.2) is 33.0 Å². The van der Waals surface area contributed by atoms with E-state index in [1.54, 1.807) is 11.6 Å². The van der Waals surface area contributed by atoms with E-state index in [1.165, 1.54) is 36.8 Å². The van der Waals surface area contributed by atoms with Gasteiger partial charge in [0, 0.05) is 17.6 Å². The van der Waals surface area contributed by atoms with Gasteiger partial charge in [-0.3, -0.25) is 14.7 Å². The van der Waals surface area contributed by atoms with E-state index in [0.717, 1.165) is 24.3 Å². The van der Waals surface area contributed by atoms with Crippen molar-refractivity contribution in [1.82, 2.24) is 25.8 Å². The highest BCUT2D eigenvalue weighted by Crippen LogP contribution is 2.25. The van der Waals surface area contributed by atoms with Crippen LogP contribution in [0.4, 0.5) is 0 Å². The third kappa shape index (κ3) is 5.38. The van der Waals surface area contributed by atoms with Crippen molar-refractivity contribution < 1.29 is 9.59 Å². The fourth-order valence-electron chi connectivity index (χ4n) is 3.37. The van der Waals surface area contributed by atoms with Crippen molar-refractivity contribution >= 4 is 23.2 Å². The molecular weight excluding hydrogens is 362 g/mol. The molecule has 0 radical (unpaired) electrons. The lowest BCUT2D eigenvalue weighted by Gasteiger charge is -2.22. The van der Waals surface area contributed by atoms with Gasteiger partial charge in [-0.05, 0) is 25.2 Å². The second-order valence-corrected chi connectivity index (χ2v) is 8.41. The van der Waals surface area contributed by atoms with Gasteiger partial charge in [0.05, 0.1) is 17.8 Å². The van der Waals surface area contributed by atoms with E-state index in [1.807, 2.05) is 0 Å². The second-order valence-electron chi connectivity index (χ2n) is 7.52. The molecule has 2 aromatic heterocycles. The summed E-state index contributed by atoms with van der Waals surface area (Å²) < 4.78 is 0. The Labute approximate surface area is 163 Å². The molecule has 8 heteroatoms. The molecule has 0 aliphatic heterocycles. The van der Waals surface area contributed by atoms with Crippen LogP contribution in [0.15, 0.2) is 17.8 Å². The van der Waals surface area contributed by atoms with Gasteiger partial charge in [0.25, 0.3) is 11.8 Å². The highest BCUT2D eigenvalue weighted by Gasteiger charge is 2.23. The number of nitrogens with zero attached hydrogens (tertiary/aromatic N) is 2. The number of H-pyrrole nitrogens is 1. The quantitative estimate of drug-likeness (QED) is 0.675. The first-order chi connectivity index (χ1) is 13.0. The van der Waals surface area contributed by atoms with E-state index in [4.69, 9.17) is 0 Å². The molecule has 3 N–H and O–H groups in total. The van der Waals surface area contributed by atoms with Gasteiger partial charge in [-0.1, -0.05) is 33.1 Å². The normalized spacial score (nSPS) is 16.3. The second kappa shape index (κ2) is 9.12. The largest absolute Gasteiger partial charge is 0.348 e. The number of amides is 2. The third-order valence-corrected chi connectivity index (χ3v) is 5.72. The predicted octanol–water partition coefficient (Wildman–Crippen LogP) is 3.45. The highest BCUT2D eigenvalue weighted by atomic mass is 32.1. The molecule has 1 atom stereocenters. The van der Waals surface area contributed by atoms with E-state index in [0.29, 0.717) is 17.2 Å². The number of aromatic nitrogens is 3. The Kier molecular flexibility index (Phi) is 6.60. The first kappa shape index (κ1) is 19.5. The van der Waals surface area contributed by atoms with Crippen LogP contribution in [-0.2, 0) is 0 Å². The molecule has 0 bridgehead atoms. The maximum absolute atomic E-state index is 12.5. The molecule has 0 aromatic carbocycles. The molecule has 146 valence electrons. The zero-order chi connectivity index (χ0) is 19.2. The molecule has 2 amide bonds. The van der Waals surface area contributed by atoms with Crippen molar-refractivity contribution in [3.8, 4) is 0 Å². The van der Waals surface area contributed by atoms with Gasteiger partial charge in [0.15, 0.2) is 0 Å². The van der Waals surface area contributed by atoms with Gasteiger partial charge in [-0.2, -0.15) is 5.10 Å². The molecule has 1 aliphatic carbocycles. The molecule has 0 spiro atoms. The molecule has 1 aliphatic rings. The summed E-state index contributed by atoms with van der Waals surface area (Å²) in [6.07, 6.45) is 9.48. The Morgan fingerprint density at radius 3 is 2.70 bits per heavy atom. The molecule has 1 saturated carbocycles. The van der Waals surface area contributed by atoms with Crippen LogP contribution >= 0.6 is 11.3 Å². The minimum Gasteiger partial charge on any atom is -0.348 e. The van der Waals surface area contributed by atoms with Crippen molar-refractivity contribution in [2.45, 2.75) is 64.5 Å². The maximum atomic E-state index is 12.5. The Morgan fingerprint density at radius 2 is 2.04 bits per heavy atom. The third-order valence-electron chi connectivity index (χ3n) is 4.77. The summed E-state index contributed by atoms with van der Waals surface area (Å²) in [5, 5.41) is 15.1. The number of rotatable bonds is 7. The molecule has 2 heterocycles. The van der Waals surface area contributed by atoms with Crippen LogP contribution in [0.3, 0.4) is 0 Å². The monoisotopic (exact) mass is 389 g/mol. The average molecular weight is 390 g/mol. The molecule has 0 saturated heterocycles. The first-order valence-electron chi connectivity index (χ1n) is 9.59. The molecular formula is C19H27N5O2S. The highest BCUT2D eigenvalue weighted by molar-refractivity contribution is 7.09. The number of carbonyl (C=O) groups excluding carboxylic acids is 2. The lowest BCUT2D eigenvalue weighted by atomic mass is 9.95. The van der Waals surface area contributed by atoms with Gasteiger partial charge in [0.2, 0.25) is 0 Å². The molecule has 7 nitrogen and oxygen atoms in total. The zero-order valence-electron chi connectivity index (χ0n) is 15.8. The minimum absolute atomic E-state index is 0.117. The van der Waals surface area contributed by atoms with Crippen LogP contribution in [0.2, 0.25) is 0 Å². The lowest BCUT2D eigenvalue weighted by Crippen LogP contribution is -2.36. The zero-order valence-corrected chi connectivity index (χ0v) is 16.6. The summed E-state index contributed by atoms with van der Waals surface area (Å²) in [4.78, 5) is 29.4. The van der Waals surface area contributed by atoms with Gasteiger partial charge in [0.1, 0.15) is 10.7 Å². The SMILES string of the molecule is CC(C)C[C@@H](NC(=O)c1cn[nH]c1)c1nc(C(=O)NC2CCCCC2)cs1. The van der Waals surface area contributed by atoms with Crippen LogP contribution in [0.1, 0.15) is 84.3 Å². The number of hydrogen-bond acceptors (Lipinski definition) is 5. The topological polar surface area (TPSA) is 99.8 Å². The van der Waals surface area contributed by atoms with E-state index in [-0.39, 0.29) is 23.9 Å². The van der Waals surface area contributed by atoms with Crippen molar-refractivity contribution in [3.05, 3.63) is 34.0 Å². The Bertz CT molecular complexity index is 750. The van der Waals surface area contributed by atoms with Gasteiger partial charge in [-0.15, -0.1) is 11.3 Å². The number of hydrogen-bond donors (Lipinski definition) is 3. The minimum atomic E-state index is -0.228. The summed E-state index contributed by atoms with van der Waals surface area (Å²) in [5.74, 6) is 0.0646. The first-order valence-corrected chi connectivity index (χ1v) is 10.5. The summed E-state index contributed by atoms with van der Waals surface area (Å²) in [5.41, 5.74) is 0.919. The van der Waals surface area contributed by atoms with Crippen LogP contribution in [0.25, 0.3) is 0 Å². The van der Waals surface area contributed by atoms with Crippen LogP contribution < -0.4 is 10.6 Å². The van der Waals surface area contributed by atoms with Gasteiger partial charge < -0.3 is 10.6 Å². The van der Waals surface area contributed by atoms with Crippen molar-refractivity contribution in [2.75, 3.05) is 0 Å². The summed E-state index contributed by atoms with van der Waals surface area (Å²) in [6.45, 7) is 4.20. The smallest absolute Gasteiger partial charge is 0.270 e. The van der Waals surface area contributed by atoms with Gasteiger partial charge >= 0.3 is 0 Å². The predicted molar refractivity (Wildman–Crippen MR) is 105 cm³/mol. The molecule has 1 fully saturated rings. The van der Waals surface area contributed by atoms with Crippen molar-refractivity contribution in [2.24, 2.45) is 5.92 Å². The molecule has 2 aromatic rings. The standard InChI is InChI=1S/C19H27N5O2S/c1-12(2)8-15(23-17(25)13-9-20-21-10-13)19-24-16(11-27-19)18(26)22-14-6-4-3-5-7-14/h9-12,14-15H,3-8H2,1-2H3,(H,20,21)(H,22,26)(H,23,25)/t15-/m1/s1. The Balaban J connectivity index is 1.67. The van der Waals surface area contributed by atoms with Crippen LogP contribution in [0.5, 0.6) is 0 Å². The fraction of sp³-hybridized carbons (Fsp3) is 0.579. The number of aromatic amines is 1. The molecule has 0 unspecified atom stereocenters. The number of carbonyl (C=O) groups is 2. The van der Waals surface area contributed by atoms with Crippen LogP contribution in [0, 0.1) is 5.92 Å². The van der Waals surface area contributed by atoms with E-state index in [2.05, 4.69) is 39.7 Å². The van der Waals surface area contributed by atoms with E-state index < -0.39 is 0 Å². The summed E-state index contributed by atoms with van der Waals surface area (Å²) in [6, 6.07) is 0.0253. The van der Waals surface area contributed by atoms with E-state index in [9.17, 15) is 9.59 Å². The Hall–Kier alpha value is -2.22. The average Bonchev–Trinajstić information content (AvgIpc) is 3.34.